The Labute approximate surface area is 127 Å². The smallest absolute Gasteiger partial charge is 0.312 e. The molecule has 0 unspecified atom stereocenters. The average molecular weight is 361 g/mol. The van der Waals surface area contributed by atoms with Crippen molar-refractivity contribution in [2.24, 2.45) is 0 Å². The van der Waals surface area contributed by atoms with Crippen LogP contribution in [0.25, 0.3) is 0 Å². The molecular weight excluding hydrogens is 353 g/mol. The van der Waals surface area contributed by atoms with Gasteiger partial charge in [0.25, 0.3) is 0 Å². The van der Waals surface area contributed by atoms with E-state index < -0.39 is 10.7 Å². The summed E-state index contributed by atoms with van der Waals surface area (Å²) in [7, 11) is 0. The van der Waals surface area contributed by atoms with Crippen molar-refractivity contribution in [3.63, 3.8) is 0 Å². The lowest BCUT2D eigenvalue weighted by Crippen LogP contribution is -1.99. The predicted octanol–water partition coefficient (Wildman–Crippen LogP) is 4.73. The third kappa shape index (κ3) is 3.68. The van der Waals surface area contributed by atoms with Gasteiger partial charge in [-0.3, -0.25) is 10.1 Å². The van der Waals surface area contributed by atoms with Crippen molar-refractivity contribution in [1.82, 2.24) is 0 Å². The molecule has 0 fully saturated rings. The summed E-state index contributed by atoms with van der Waals surface area (Å²) in [6.45, 7) is 0.0127. The van der Waals surface area contributed by atoms with E-state index in [1.54, 1.807) is 6.07 Å². The third-order valence-electron chi connectivity index (χ3n) is 2.43. The van der Waals surface area contributed by atoms with Gasteiger partial charge in [0.1, 0.15) is 12.4 Å². The SMILES string of the molecule is O=[N+]([O-])c1cc(Cl)ccc1OCc1cc(F)cc(Br)c1. The maximum absolute atomic E-state index is 13.2. The van der Waals surface area contributed by atoms with Crippen LogP contribution in [0.2, 0.25) is 5.02 Å². The predicted molar refractivity (Wildman–Crippen MR) is 76.5 cm³/mol. The zero-order valence-corrected chi connectivity index (χ0v) is 12.3. The van der Waals surface area contributed by atoms with Gasteiger partial charge in [-0.1, -0.05) is 27.5 Å². The number of hydrogen-bond acceptors (Lipinski definition) is 3. The summed E-state index contributed by atoms with van der Waals surface area (Å²) < 4.78 is 19.1. The van der Waals surface area contributed by atoms with Crippen molar-refractivity contribution < 1.29 is 14.1 Å². The molecule has 0 aliphatic heterocycles. The molecule has 0 aliphatic rings. The van der Waals surface area contributed by atoms with Crippen LogP contribution < -0.4 is 4.74 Å². The summed E-state index contributed by atoms with van der Waals surface area (Å²) in [5.74, 6) is -0.330. The van der Waals surface area contributed by atoms with Crippen LogP contribution in [0.5, 0.6) is 5.75 Å². The van der Waals surface area contributed by atoms with Gasteiger partial charge in [0.05, 0.1) is 4.92 Å². The van der Waals surface area contributed by atoms with Crippen molar-refractivity contribution in [2.75, 3.05) is 0 Å². The molecule has 0 atom stereocenters. The molecule has 4 nitrogen and oxygen atoms in total. The minimum absolute atomic E-state index is 0.0127. The Morgan fingerprint density at radius 2 is 2.05 bits per heavy atom. The van der Waals surface area contributed by atoms with E-state index in [2.05, 4.69) is 15.9 Å². The zero-order valence-electron chi connectivity index (χ0n) is 9.98. The van der Waals surface area contributed by atoms with E-state index in [0.717, 1.165) is 0 Å². The topological polar surface area (TPSA) is 52.4 Å². The van der Waals surface area contributed by atoms with Crippen LogP contribution in [0.15, 0.2) is 40.9 Å². The fourth-order valence-electron chi connectivity index (χ4n) is 1.61. The molecule has 104 valence electrons. The van der Waals surface area contributed by atoms with Gasteiger partial charge < -0.3 is 4.74 Å². The van der Waals surface area contributed by atoms with E-state index in [1.807, 2.05) is 0 Å². The van der Waals surface area contributed by atoms with Crippen molar-refractivity contribution in [2.45, 2.75) is 6.61 Å². The van der Waals surface area contributed by atoms with Crippen molar-refractivity contribution >= 4 is 33.2 Å². The van der Waals surface area contributed by atoms with Crippen LogP contribution in [0, 0.1) is 15.9 Å². The Morgan fingerprint density at radius 3 is 2.70 bits per heavy atom. The Kier molecular flexibility index (Phi) is 4.57. The van der Waals surface area contributed by atoms with Gasteiger partial charge in [-0.05, 0) is 35.9 Å². The minimum Gasteiger partial charge on any atom is -0.482 e. The number of ether oxygens (including phenoxy) is 1. The maximum Gasteiger partial charge on any atom is 0.312 e. The molecule has 0 saturated carbocycles. The van der Waals surface area contributed by atoms with Crippen molar-refractivity contribution in [1.29, 1.82) is 0 Å². The van der Waals surface area contributed by atoms with Gasteiger partial charge >= 0.3 is 5.69 Å². The van der Waals surface area contributed by atoms with Gasteiger partial charge in [0, 0.05) is 15.6 Å². The van der Waals surface area contributed by atoms with Crippen molar-refractivity contribution in [3.05, 3.63) is 67.4 Å². The first kappa shape index (κ1) is 14.7. The highest BCUT2D eigenvalue weighted by Gasteiger charge is 2.15. The van der Waals surface area contributed by atoms with Crippen LogP contribution in [-0.2, 0) is 6.61 Å². The Hall–Kier alpha value is -1.66. The fraction of sp³-hybridized carbons (Fsp3) is 0.0769. The highest BCUT2D eigenvalue weighted by Crippen LogP contribution is 2.30. The molecule has 0 aliphatic carbocycles. The number of hydrogen-bond donors (Lipinski definition) is 0. The molecule has 0 bridgehead atoms. The molecule has 2 aromatic rings. The Bertz CT molecular complexity index is 646. The van der Waals surface area contributed by atoms with Crippen LogP contribution >= 0.6 is 27.5 Å². The molecule has 0 heterocycles. The molecule has 0 aromatic heterocycles. The molecule has 0 spiro atoms. The van der Waals surface area contributed by atoms with Crippen LogP contribution in [-0.4, -0.2) is 4.92 Å². The second kappa shape index (κ2) is 6.19. The highest BCUT2D eigenvalue weighted by atomic mass is 79.9. The molecule has 0 amide bonds. The van der Waals surface area contributed by atoms with Gasteiger partial charge in [0.2, 0.25) is 0 Å². The molecule has 2 rings (SSSR count). The summed E-state index contributed by atoms with van der Waals surface area (Å²) in [5.41, 5.74) is 0.328. The first-order chi connectivity index (χ1) is 9.45. The lowest BCUT2D eigenvalue weighted by molar-refractivity contribution is -0.385. The van der Waals surface area contributed by atoms with Gasteiger partial charge in [-0.2, -0.15) is 0 Å². The number of rotatable bonds is 4. The number of nitrogens with zero attached hydrogens (tertiary/aromatic N) is 1. The number of halogens is 3. The summed E-state index contributed by atoms with van der Waals surface area (Å²) in [4.78, 5) is 10.3. The molecule has 20 heavy (non-hydrogen) atoms. The lowest BCUT2D eigenvalue weighted by Gasteiger charge is -2.07. The first-order valence-electron chi connectivity index (χ1n) is 5.47. The largest absolute Gasteiger partial charge is 0.482 e. The van der Waals surface area contributed by atoms with Crippen molar-refractivity contribution in [3.8, 4) is 5.75 Å². The monoisotopic (exact) mass is 359 g/mol. The van der Waals surface area contributed by atoms with Gasteiger partial charge in [-0.25, -0.2) is 4.39 Å². The standard InChI is InChI=1S/C13H8BrClFNO3/c14-9-3-8(4-11(16)5-9)7-20-13-2-1-10(15)6-12(13)17(18)19/h1-6H,7H2. The summed E-state index contributed by atoms with van der Waals surface area (Å²) in [6, 6.07) is 8.39. The van der Waals surface area contributed by atoms with Crippen LogP contribution in [0.4, 0.5) is 10.1 Å². The fourth-order valence-corrected chi connectivity index (χ4v) is 2.29. The summed E-state index contributed by atoms with van der Waals surface area (Å²) >= 11 is 8.87. The van der Waals surface area contributed by atoms with E-state index in [0.29, 0.717) is 10.0 Å². The first-order valence-corrected chi connectivity index (χ1v) is 6.64. The molecular formula is C13H8BrClFNO3. The lowest BCUT2D eigenvalue weighted by atomic mass is 10.2. The highest BCUT2D eigenvalue weighted by molar-refractivity contribution is 9.10. The number of benzene rings is 2. The normalized spacial score (nSPS) is 10.3. The second-order valence-corrected chi connectivity index (χ2v) is 5.29. The Balaban J connectivity index is 2.20. The third-order valence-corrected chi connectivity index (χ3v) is 3.13. The van der Waals surface area contributed by atoms with E-state index in [1.165, 1.54) is 30.3 Å². The molecule has 0 saturated heterocycles. The minimum atomic E-state index is -0.581. The Morgan fingerprint density at radius 1 is 1.30 bits per heavy atom. The summed E-state index contributed by atoms with van der Waals surface area (Å²) in [6.07, 6.45) is 0. The van der Waals surface area contributed by atoms with Gasteiger partial charge in [0.15, 0.2) is 5.75 Å². The molecule has 2 aromatic carbocycles. The summed E-state index contributed by atoms with van der Waals surface area (Å²) in [5, 5.41) is 11.1. The van der Waals surface area contributed by atoms with Gasteiger partial charge in [-0.15, -0.1) is 0 Å². The maximum atomic E-state index is 13.2. The molecule has 0 radical (unpaired) electrons. The van der Waals surface area contributed by atoms with Crippen LogP contribution in [0.3, 0.4) is 0 Å². The quantitative estimate of drug-likeness (QED) is 0.585. The molecule has 0 N–H and O–H groups in total. The van der Waals surface area contributed by atoms with E-state index in [4.69, 9.17) is 16.3 Å². The van der Waals surface area contributed by atoms with E-state index >= 15 is 0 Å². The zero-order chi connectivity index (χ0) is 14.7. The van der Waals surface area contributed by atoms with E-state index in [9.17, 15) is 14.5 Å². The van der Waals surface area contributed by atoms with Crippen LogP contribution in [0.1, 0.15) is 5.56 Å². The number of nitro benzene ring substituents is 1. The molecule has 7 heteroatoms. The number of nitro groups is 1. The second-order valence-electron chi connectivity index (χ2n) is 3.94. The average Bonchev–Trinajstić information content (AvgIpc) is 2.36. The van der Waals surface area contributed by atoms with E-state index in [-0.39, 0.29) is 23.1 Å².